The first-order valence-corrected chi connectivity index (χ1v) is 8.57. The molecule has 0 saturated carbocycles. The molecule has 20 heavy (non-hydrogen) atoms. The normalized spacial score (nSPS) is 20.8. The molecule has 0 amide bonds. The number of halogens is 1. The van der Waals surface area contributed by atoms with Crippen molar-refractivity contribution in [3.8, 4) is 0 Å². The molecule has 0 aliphatic carbocycles. The van der Waals surface area contributed by atoms with Gasteiger partial charge in [0.1, 0.15) is 0 Å². The van der Waals surface area contributed by atoms with E-state index in [0.717, 1.165) is 19.4 Å². The van der Waals surface area contributed by atoms with Gasteiger partial charge < -0.3 is 4.74 Å². The molecule has 1 fully saturated rings. The molecule has 0 spiro atoms. The Kier molecular flexibility index (Phi) is 6.89. The van der Waals surface area contributed by atoms with Crippen LogP contribution in [0.2, 0.25) is 0 Å². The van der Waals surface area contributed by atoms with Crippen molar-refractivity contribution in [2.24, 2.45) is 0 Å². The van der Waals surface area contributed by atoms with Crippen LogP contribution in [0, 0.1) is 0 Å². The van der Waals surface area contributed by atoms with E-state index in [2.05, 4.69) is 31.2 Å². The molecule has 0 bridgehead atoms. The van der Waals surface area contributed by atoms with E-state index in [1.807, 2.05) is 0 Å². The molecule has 0 radical (unpaired) electrons. The third kappa shape index (κ3) is 5.10. The molecule has 2 atom stereocenters. The SMILES string of the molecule is CCCCc1ccc(C(Cl)CCC2CCCCO2)cc1. The van der Waals surface area contributed by atoms with E-state index in [1.165, 1.54) is 49.7 Å². The van der Waals surface area contributed by atoms with Crippen LogP contribution >= 0.6 is 11.6 Å². The average Bonchev–Trinajstić information content (AvgIpc) is 2.52. The largest absolute Gasteiger partial charge is 0.378 e. The Morgan fingerprint density at radius 3 is 2.70 bits per heavy atom. The maximum atomic E-state index is 6.53. The quantitative estimate of drug-likeness (QED) is 0.590. The van der Waals surface area contributed by atoms with Gasteiger partial charge in [-0.1, -0.05) is 37.6 Å². The van der Waals surface area contributed by atoms with Gasteiger partial charge in [0.05, 0.1) is 11.5 Å². The second-order valence-electron chi connectivity index (χ2n) is 5.88. The molecule has 2 heteroatoms. The minimum absolute atomic E-state index is 0.126. The van der Waals surface area contributed by atoms with Gasteiger partial charge in [-0.05, 0) is 56.1 Å². The number of ether oxygens (including phenoxy) is 1. The van der Waals surface area contributed by atoms with Gasteiger partial charge in [0.25, 0.3) is 0 Å². The zero-order valence-corrected chi connectivity index (χ0v) is 13.4. The molecule has 1 aliphatic rings. The summed E-state index contributed by atoms with van der Waals surface area (Å²) < 4.78 is 5.77. The topological polar surface area (TPSA) is 9.23 Å². The monoisotopic (exact) mass is 294 g/mol. The Balaban J connectivity index is 1.77. The van der Waals surface area contributed by atoms with E-state index >= 15 is 0 Å². The third-order valence-electron chi connectivity index (χ3n) is 4.18. The molecular formula is C18H27ClO. The average molecular weight is 295 g/mol. The predicted molar refractivity (Wildman–Crippen MR) is 86.5 cm³/mol. The molecule has 1 saturated heterocycles. The van der Waals surface area contributed by atoms with Crippen molar-refractivity contribution in [3.05, 3.63) is 35.4 Å². The number of unbranched alkanes of at least 4 members (excludes halogenated alkanes) is 1. The van der Waals surface area contributed by atoms with Gasteiger partial charge in [-0.2, -0.15) is 0 Å². The van der Waals surface area contributed by atoms with E-state index < -0.39 is 0 Å². The first kappa shape index (κ1) is 15.9. The van der Waals surface area contributed by atoms with Gasteiger partial charge >= 0.3 is 0 Å². The minimum atomic E-state index is 0.126. The zero-order valence-electron chi connectivity index (χ0n) is 12.6. The van der Waals surface area contributed by atoms with Crippen LogP contribution < -0.4 is 0 Å². The lowest BCUT2D eigenvalue weighted by Crippen LogP contribution is -2.19. The number of hydrogen-bond donors (Lipinski definition) is 0. The first-order valence-electron chi connectivity index (χ1n) is 8.14. The molecule has 0 aromatic heterocycles. The van der Waals surface area contributed by atoms with E-state index in [9.17, 15) is 0 Å². The van der Waals surface area contributed by atoms with E-state index in [4.69, 9.17) is 16.3 Å². The fraction of sp³-hybridized carbons (Fsp3) is 0.667. The van der Waals surface area contributed by atoms with Crippen LogP contribution in [-0.2, 0) is 11.2 Å². The van der Waals surface area contributed by atoms with Crippen LogP contribution in [-0.4, -0.2) is 12.7 Å². The van der Waals surface area contributed by atoms with Gasteiger partial charge in [-0.25, -0.2) is 0 Å². The molecule has 1 heterocycles. The van der Waals surface area contributed by atoms with Gasteiger partial charge in [-0.15, -0.1) is 11.6 Å². The molecule has 0 N–H and O–H groups in total. The lowest BCUT2D eigenvalue weighted by atomic mass is 9.99. The highest BCUT2D eigenvalue weighted by molar-refractivity contribution is 6.20. The fourth-order valence-corrected chi connectivity index (χ4v) is 3.08. The number of hydrogen-bond acceptors (Lipinski definition) is 1. The van der Waals surface area contributed by atoms with Gasteiger partial charge in [0.2, 0.25) is 0 Å². The summed E-state index contributed by atoms with van der Waals surface area (Å²) in [6.07, 6.45) is 9.98. The molecular weight excluding hydrogens is 268 g/mol. The van der Waals surface area contributed by atoms with E-state index in [-0.39, 0.29) is 5.38 Å². The van der Waals surface area contributed by atoms with Crippen LogP contribution in [0.15, 0.2) is 24.3 Å². The third-order valence-corrected chi connectivity index (χ3v) is 4.65. The van der Waals surface area contributed by atoms with Crippen molar-refractivity contribution in [2.45, 2.75) is 69.8 Å². The minimum Gasteiger partial charge on any atom is -0.378 e. The van der Waals surface area contributed by atoms with E-state index in [1.54, 1.807) is 0 Å². The summed E-state index contributed by atoms with van der Waals surface area (Å²) in [6, 6.07) is 8.86. The molecule has 2 rings (SSSR count). The Bertz CT molecular complexity index is 368. The predicted octanol–water partition coefficient (Wildman–Crippen LogP) is 5.66. The summed E-state index contributed by atoms with van der Waals surface area (Å²) in [5, 5.41) is 0.126. The van der Waals surface area contributed by atoms with Crippen molar-refractivity contribution in [2.75, 3.05) is 6.61 Å². The number of alkyl halides is 1. The molecule has 1 aromatic rings. The maximum absolute atomic E-state index is 6.53. The summed E-state index contributed by atoms with van der Waals surface area (Å²) in [5.74, 6) is 0. The number of rotatable bonds is 7. The smallest absolute Gasteiger partial charge is 0.0586 e. The zero-order chi connectivity index (χ0) is 14.2. The maximum Gasteiger partial charge on any atom is 0.0586 e. The Morgan fingerprint density at radius 2 is 2.05 bits per heavy atom. The van der Waals surface area contributed by atoms with Crippen molar-refractivity contribution >= 4 is 11.6 Å². The lowest BCUT2D eigenvalue weighted by molar-refractivity contribution is 0.0100. The van der Waals surface area contributed by atoms with Crippen molar-refractivity contribution in [3.63, 3.8) is 0 Å². The van der Waals surface area contributed by atoms with Gasteiger partial charge in [-0.3, -0.25) is 0 Å². The van der Waals surface area contributed by atoms with Crippen LogP contribution in [0.1, 0.15) is 68.4 Å². The molecule has 1 aliphatic heterocycles. The highest BCUT2D eigenvalue weighted by atomic mass is 35.5. The summed E-state index contributed by atoms with van der Waals surface area (Å²) in [4.78, 5) is 0. The van der Waals surface area contributed by atoms with Gasteiger partial charge in [0.15, 0.2) is 0 Å². The van der Waals surface area contributed by atoms with Crippen LogP contribution in [0.4, 0.5) is 0 Å². The summed E-state index contributed by atoms with van der Waals surface area (Å²) >= 11 is 6.53. The van der Waals surface area contributed by atoms with Crippen LogP contribution in [0.25, 0.3) is 0 Å². The Labute approximate surface area is 128 Å². The molecule has 1 nitrogen and oxygen atoms in total. The van der Waals surface area contributed by atoms with Crippen LogP contribution in [0.5, 0.6) is 0 Å². The van der Waals surface area contributed by atoms with Crippen molar-refractivity contribution in [1.29, 1.82) is 0 Å². The standard InChI is InChI=1S/C18H27ClO/c1-2-3-6-15-8-10-16(11-9-15)18(19)13-12-17-7-4-5-14-20-17/h8-11,17-18H,2-7,12-14H2,1H3. The Morgan fingerprint density at radius 1 is 1.25 bits per heavy atom. The van der Waals surface area contributed by atoms with Crippen molar-refractivity contribution < 1.29 is 4.74 Å². The fourth-order valence-electron chi connectivity index (χ4n) is 2.81. The van der Waals surface area contributed by atoms with Gasteiger partial charge in [0, 0.05) is 6.61 Å². The lowest BCUT2D eigenvalue weighted by Gasteiger charge is -2.23. The summed E-state index contributed by atoms with van der Waals surface area (Å²) in [6.45, 7) is 3.17. The summed E-state index contributed by atoms with van der Waals surface area (Å²) in [5.41, 5.74) is 2.68. The molecule has 2 unspecified atom stereocenters. The molecule has 112 valence electrons. The van der Waals surface area contributed by atoms with Crippen LogP contribution in [0.3, 0.4) is 0 Å². The Hall–Kier alpha value is -0.530. The summed E-state index contributed by atoms with van der Waals surface area (Å²) in [7, 11) is 0. The van der Waals surface area contributed by atoms with E-state index in [0.29, 0.717) is 6.10 Å². The first-order chi connectivity index (χ1) is 9.79. The second kappa shape index (κ2) is 8.69. The highest BCUT2D eigenvalue weighted by Crippen LogP contribution is 2.29. The number of benzene rings is 1. The van der Waals surface area contributed by atoms with Crippen molar-refractivity contribution in [1.82, 2.24) is 0 Å². The number of aryl methyl sites for hydroxylation is 1. The second-order valence-corrected chi connectivity index (χ2v) is 6.41. The molecule has 1 aromatic carbocycles. The highest BCUT2D eigenvalue weighted by Gasteiger charge is 2.16.